The number of carbonyl (C=O) groups excluding carboxylic acids is 1. The van der Waals surface area contributed by atoms with E-state index >= 15 is 0 Å². The molecule has 2 amide bonds. The molecule has 3 rings (SSSR count). The van der Waals surface area contributed by atoms with Crippen molar-refractivity contribution < 1.29 is 26.7 Å². The van der Waals surface area contributed by atoms with Gasteiger partial charge in [-0.2, -0.15) is 0 Å². The lowest BCUT2D eigenvalue weighted by Crippen LogP contribution is -2.30. The molecule has 11 heteroatoms. The molecule has 0 spiro atoms. The van der Waals surface area contributed by atoms with E-state index in [-0.39, 0.29) is 30.2 Å². The third kappa shape index (κ3) is 5.41. The van der Waals surface area contributed by atoms with E-state index < -0.39 is 33.3 Å². The van der Waals surface area contributed by atoms with Crippen molar-refractivity contribution >= 4 is 32.6 Å². The molecule has 0 aliphatic heterocycles. The first kappa shape index (κ1) is 20.5. The third-order valence-corrected chi connectivity index (χ3v) is 4.90. The molecule has 0 atom stereocenters. The van der Waals surface area contributed by atoms with Gasteiger partial charge in [0.05, 0.1) is 11.1 Å². The average molecular weight is 424 g/mol. The number of hydrogen-bond acceptors (Lipinski definition) is 5. The van der Waals surface area contributed by atoms with Crippen molar-refractivity contribution in [3.05, 3.63) is 48.3 Å². The number of hydrogen-bond donors (Lipinski definition) is 3. The highest BCUT2D eigenvalue weighted by atomic mass is 32.2. The van der Waals surface area contributed by atoms with Gasteiger partial charge in [0.2, 0.25) is 0 Å². The number of nitrogens with one attached hydrogen (secondary N) is 3. The molecule has 0 aliphatic carbocycles. The van der Waals surface area contributed by atoms with Gasteiger partial charge in [-0.05, 0) is 18.6 Å². The Bertz CT molecular complexity index is 1120. The van der Waals surface area contributed by atoms with Gasteiger partial charge >= 0.3 is 6.03 Å². The lowest BCUT2D eigenvalue weighted by atomic mass is 10.2. The molecule has 1 aromatic carbocycles. The monoisotopic (exact) mass is 424 g/mol. The van der Waals surface area contributed by atoms with Gasteiger partial charge < -0.3 is 20.4 Å². The normalized spacial score (nSPS) is 11.4. The first-order valence-electron chi connectivity index (χ1n) is 8.54. The fourth-order valence-electron chi connectivity index (χ4n) is 2.58. The van der Waals surface area contributed by atoms with Crippen LogP contribution in [0.15, 0.2) is 36.7 Å². The van der Waals surface area contributed by atoms with Crippen molar-refractivity contribution in [1.29, 1.82) is 0 Å². The number of aromatic amines is 1. The van der Waals surface area contributed by atoms with E-state index in [9.17, 15) is 22.0 Å². The number of sulfone groups is 1. The maximum Gasteiger partial charge on any atom is 0.319 e. The summed E-state index contributed by atoms with van der Waals surface area (Å²) in [5.41, 5.74) is 0.392. The molecule has 0 fully saturated rings. The zero-order valence-electron chi connectivity index (χ0n) is 15.3. The molecule has 29 heavy (non-hydrogen) atoms. The first-order valence-corrected chi connectivity index (χ1v) is 10.6. The van der Waals surface area contributed by atoms with Crippen molar-refractivity contribution in [2.24, 2.45) is 0 Å². The number of nitrogens with zero attached hydrogens (tertiary/aromatic N) is 1. The van der Waals surface area contributed by atoms with Crippen LogP contribution in [0.2, 0.25) is 0 Å². The van der Waals surface area contributed by atoms with Crippen molar-refractivity contribution in [2.45, 2.75) is 6.42 Å². The highest BCUT2D eigenvalue weighted by Crippen LogP contribution is 2.33. The van der Waals surface area contributed by atoms with E-state index in [1.54, 1.807) is 12.3 Å². The predicted octanol–water partition coefficient (Wildman–Crippen LogP) is 3.19. The number of fused-ring (bicyclic) bond motifs is 1. The number of anilines is 1. The van der Waals surface area contributed by atoms with Crippen LogP contribution in [-0.2, 0) is 9.84 Å². The van der Waals surface area contributed by atoms with Gasteiger partial charge in [-0.25, -0.2) is 27.0 Å². The van der Waals surface area contributed by atoms with Crippen molar-refractivity contribution in [2.75, 3.05) is 23.9 Å². The summed E-state index contributed by atoms with van der Waals surface area (Å²) in [7, 11) is -3.12. The zero-order chi connectivity index (χ0) is 21.0. The number of ether oxygens (including phenoxy) is 1. The lowest BCUT2D eigenvalue weighted by molar-refractivity contribution is 0.252. The van der Waals surface area contributed by atoms with E-state index in [4.69, 9.17) is 4.74 Å². The number of rotatable bonds is 7. The van der Waals surface area contributed by atoms with Crippen LogP contribution < -0.4 is 15.4 Å². The number of urea groups is 1. The molecule has 8 nitrogen and oxygen atoms in total. The Balaban J connectivity index is 1.66. The molecule has 3 aromatic rings. The summed E-state index contributed by atoms with van der Waals surface area (Å²) in [6.07, 6.45) is 4.38. The smallest absolute Gasteiger partial charge is 0.319 e. The van der Waals surface area contributed by atoms with Crippen LogP contribution in [0.4, 0.5) is 19.3 Å². The lowest BCUT2D eigenvalue weighted by Gasteiger charge is -2.12. The van der Waals surface area contributed by atoms with Crippen LogP contribution >= 0.6 is 0 Å². The van der Waals surface area contributed by atoms with Crippen LogP contribution in [0.1, 0.15) is 6.42 Å². The summed E-state index contributed by atoms with van der Waals surface area (Å²) in [4.78, 5) is 18.7. The summed E-state index contributed by atoms with van der Waals surface area (Å²) >= 11 is 0. The van der Waals surface area contributed by atoms with Crippen molar-refractivity contribution in [1.82, 2.24) is 15.3 Å². The molecule has 0 bridgehead atoms. The van der Waals surface area contributed by atoms with E-state index in [0.29, 0.717) is 11.0 Å². The number of amides is 2. The fraction of sp³-hybridized carbons (Fsp3) is 0.222. The van der Waals surface area contributed by atoms with Crippen LogP contribution in [-0.4, -0.2) is 43.0 Å². The Hall–Kier alpha value is -3.21. The average Bonchev–Trinajstić information content (AvgIpc) is 3.10. The maximum absolute atomic E-state index is 14.4. The molecule has 0 aliphatic rings. The highest BCUT2D eigenvalue weighted by Gasteiger charge is 2.16. The molecular formula is C18H18F2N4O4S. The molecule has 0 saturated carbocycles. The second-order valence-electron chi connectivity index (χ2n) is 6.28. The van der Waals surface area contributed by atoms with Crippen LogP contribution in [0.3, 0.4) is 0 Å². The van der Waals surface area contributed by atoms with Gasteiger partial charge in [0.15, 0.2) is 17.4 Å². The van der Waals surface area contributed by atoms with Crippen molar-refractivity contribution in [3.8, 4) is 11.5 Å². The molecule has 0 unspecified atom stereocenters. The number of H-pyrrole nitrogens is 1. The van der Waals surface area contributed by atoms with E-state index in [0.717, 1.165) is 18.4 Å². The minimum absolute atomic E-state index is 0.0774. The van der Waals surface area contributed by atoms with Crippen LogP contribution in [0.5, 0.6) is 11.5 Å². The largest absolute Gasteiger partial charge is 0.450 e. The van der Waals surface area contributed by atoms with Crippen LogP contribution in [0.25, 0.3) is 11.0 Å². The molecule has 154 valence electrons. The molecule has 3 N–H and O–H groups in total. The SMILES string of the molecule is CS(=O)(=O)CCCNC(=O)Nc1cc(F)c(Oc2ccnc3[nH]ccc23)c(F)c1. The Morgan fingerprint density at radius 3 is 2.66 bits per heavy atom. The summed E-state index contributed by atoms with van der Waals surface area (Å²) in [5.74, 6) is -2.47. The Morgan fingerprint density at radius 2 is 1.97 bits per heavy atom. The summed E-state index contributed by atoms with van der Waals surface area (Å²) in [6, 6.07) is 4.27. The minimum Gasteiger partial charge on any atom is -0.450 e. The number of halogens is 2. The second-order valence-corrected chi connectivity index (χ2v) is 8.54. The van der Waals surface area contributed by atoms with Gasteiger partial charge in [0, 0.05) is 43.0 Å². The number of benzene rings is 1. The minimum atomic E-state index is -3.12. The standard InChI is InChI=1S/C18H18F2N4O4S/c1-29(26,27)8-2-5-23-18(25)24-11-9-13(19)16(14(20)10-11)28-15-4-7-22-17-12(15)3-6-21-17/h3-4,6-7,9-10H,2,5,8H2,1H3,(H,21,22)(H2,23,24,25). The molecular weight excluding hydrogens is 406 g/mol. The quantitative estimate of drug-likeness (QED) is 0.504. The van der Waals surface area contributed by atoms with Crippen molar-refractivity contribution in [3.63, 3.8) is 0 Å². The first-order chi connectivity index (χ1) is 13.7. The summed E-state index contributed by atoms with van der Waals surface area (Å²) in [5, 5.41) is 5.26. The summed E-state index contributed by atoms with van der Waals surface area (Å²) < 4.78 is 56.2. The second kappa shape index (κ2) is 8.43. The number of carbonyl (C=O) groups is 1. The topological polar surface area (TPSA) is 113 Å². The Labute approximate surface area is 165 Å². The number of pyridine rings is 1. The Kier molecular flexibility index (Phi) is 5.97. The van der Waals surface area contributed by atoms with Gasteiger partial charge in [-0.1, -0.05) is 0 Å². The van der Waals surface area contributed by atoms with Crippen LogP contribution in [0, 0.1) is 11.6 Å². The molecule has 2 heterocycles. The van der Waals surface area contributed by atoms with E-state index in [1.165, 1.54) is 12.3 Å². The van der Waals surface area contributed by atoms with E-state index in [1.807, 2.05) is 0 Å². The molecule has 2 aromatic heterocycles. The van der Waals surface area contributed by atoms with Gasteiger partial charge in [-0.3, -0.25) is 0 Å². The number of aromatic nitrogens is 2. The molecule has 0 radical (unpaired) electrons. The van der Waals surface area contributed by atoms with E-state index in [2.05, 4.69) is 20.6 Å². The molecule has 0 saturated heterocycles. The summed E-state index contributed by atoms with van der Waals surface area (Å²) in [6.45, 7) is 0.0970. The highest BCUT2D eigenvalue weighted by molar-refractivity contribution is 7.90. The maximum atomic E-state index is 14.4. The predicted molar refractivity (Wildman–Crippen MR) is 104 cm³/mol. The zero-order valence-corrected chi connectivity index (χ0v) is 16.1. The van der Waals surface area contributed by atoms with Gasteiger partial charge in [0.25, 0.3) is 0 Å². The third-order valence-electron chi connectivity index (χ3n) is 3.87. The fourth-order valence-corrected chi connectivity index (χ4v) is 3.24. The van der Waals surface area contributed by atoms with Gasteiger partial charge in [-0.15, -0.1) is 0 Å². The van der Waals surface area contributed by atoms with Gasteiger partial charge in [0.1, 0.15) is 21.2 Å². The Morgan fingerprint density at radius 1 is 1.24 bits per heavy atom.